The van der Waals surface area contributed by atoms with Crippen molar-refractivity contribution in [3.63, 3.8) is 0 Å². The van der Waals surface area contributed by atoms with E-state index in [0.717, 1.165) is 5.82 Å². The highest BCUT2D eigenvalue weighted by molar-refractivity contribution is 7.89. The first kappa shape index (κ1) is 16.0. The fourth-order valence-corrected chi connectivity index (χ4v) is 3.69. The summed E-state index contributed by atoms with van der Waals surface area (Å²) < 4.78 is 25.1. The average Bonchev–Trinajstić information content (AvgIpc) is 2.99. The third kappa shape index (κ3) is 3.82. The monoisotopic (exact) mass is 314 g/mol. The van der Waals surface area contributed by atoms with Crippen molar-refractivity contribution in [3.05, 3.63) is 18.2 Å². The van der Waals surface area contributed by atoms with E-state index in [1.807, 2.05) is 0 Å². The molecule has 1 amide bonds. The molecule has 7 nitrogen and oxygen atoms in total. The van der Waals surface area contributed by atoms with Gasteiger partial charge in [-0.3, -0.25) is 4.79 Å². The van der Waals surface area contributed by atoms with Gasteiger partial charge in [0.1, 0.15) is 5.82 Å². The van der Waals surface area contributed by atoms with Gasteiger partial charge < -0.3 is 9.88 Å². The normalized spacial score (nSPS) is 17.8. The maximum atomic E-state index is 12.4. The predicted molar refractivity (Wildman–Crippen MR) is 78.8 cm³/mol. The van der Waals surface area contributed by atoms with E-state index in [1.54, 1.807) is 31.3 Å². The topological polar surface area (TPSA) is 86.4 Å². The average molecular weight is 314 g/mol. The van der Waals surface area contributed by atoms with Crippen molar-refractivity contribution in [2.75, 3.05) is 25.9 Å². The number of imidazole rings is 1. The molecule has 1 aromatic rings. The van der Waals surface area contributed by atoms with Crippen molar-refractivity contribution >= 4 is 15.9 Å². The van der Waals surface area contributed by atoms with E-state index in [2.05, 4.69) is 9.97 Å². The Kier molecular flexibility index (Phi) is 5.00. The summed E-state index contributed by atoms with van der Waals surface area (Å²) in [5, 5.41) is 0. The number of sulfonamides is 1. The fourth-order valence-electron chi connectivity index (χ4n) is 2.56. The van der Waals surface area contributed by atoms with Gasteiger partial charge in [0.25, 0.3) is 0 Å². The molecule has 1 N–H and O–H groups in total. The number of nitrogens with one attached hydrogen (secondary N) is 1. The summed E-state index contributed by atoms with van der Waals surface area (Å²) in [5.74, 6) is 0.814. The van der Waals surface area contributed by atoms with Gasteiger partial charge in [-0.2, -0.15) is 0 Å². The Morgan fingerprint density at radius 3 is 2.67 bits per heavy atom. The molecule has 1 aliphatic rings. The van der Waals surface area contributed by atoms with Crippen LogP contribution in [-0.4, -0.2) is 59.4 Å². The largest absolute Gasteiger partial charge is 0.347 e. The number of hydrogen-bond donors (Lipinski definition) is 1. The van der Waals surface area contributed by atoms with E-state index in [0.29, 0.717) is 32.5 Å². The second-order valence-electron chi connectivity index (χ2n) is 5.30. The Morgan fingerprint density at radius 2 is 2.14 bits per heavy atom. The lowest BCUT2D eigenvalue weighted by molar-refractivity contribution is -0.136. The van der Waals surface area contributed by atoms with Crippen LogP contribution < -0.4 is 0 Å². The second-order valence-corrected chi connectivity index (χ2v) is 7.56. The molecular formula is C13H22N4O3S. The summed E-state index contributed by atoms with van der Waals surface area (Å²) in [6.07, 6.45) is 4.55. The van der Waals surface area contributed by atoms with Gasteiger partial charge in [-0.15, -0.1) is 0 Å². The minimum absolute atomic E-state index is 0.0555. The minimum atomic E-state index is -3.14. The van der Waals surface area contributed by atoms with Crippen LogP contribution in [0.3, 0.4) is 0 Å². The van der Waals surface area contributed by atoms with Crippen LogP contribution >= 0.6 is 0 Å². The van der Waals surface area contributed by atoms with Crippen LogP contribution in [0.5, 0.6) is 0 Å². The molecule has 2 rings (SSSR count). The van der Waals surface area contributed by atoms with E-state index in [-0.39, 0.29) is 17.6 Å². The van der Waals surface area contributed by atoms with Crippen molar-refractivity contribution in [1.82, 2.24) is 19.2 Å². The van der Waals surface area contributed by atoms with Crippen LogP contribution in [0.4, 0.5) is 0 Å². The van der Waals surface area contributed by atoms with Crippen LogP contribution in [0, 0.1) is 5.92 Å². The molecule has 2 heterocycles. The van der Waals surface area contributed by atoms with Crippen molar-refractivity contribution < 1.29 is 13.2 Å². The molecule has 21 heavy (non-hydrogen) atoms. The molecule has 0 unspecified atom stereocenters. The van der Waals surface area contributed by atoms with Gasteiger partial charge in [0.05, 0.1) is 12.3 Å². The number of hydrogen-bond acceptors (Lipinski definition) is 4. The third-order valence-electron chi connectivity index (χ3n) is 3.88. The first-order valence-electron chi connectivity index (χ1n) is 7.15. The molecule has 0 radical (unpaired) electrons. The number of carbonyl (C=O) groups is 1. The number of carbonyl (C=O) groups excluding carboxylic acids is 1. The fraction of sp³-hybridized carbons (Fsp3) is 0.692. The minimum Gasteiger partial charge on any atom is -0.347 e. The number of aromatic nitrogens is 2. The first-order chi connectivity index (χ1) is 9.94. The summed E-state index contributed by atoms with van der Waals surface area (Å²) in [4.78, 5) is 21.1. The van der Waals surface area contributed by atoms with Crippen molar-refractivity contribution in [3.8, 4) is 0 Å². The highest BCUT2D eigenvalue weighted by Crippen LogP contribution is 2.22. The van der Waals surface area contributed by atoms with E-state index in [4.69, 9.17) is 0 Å². The molecule has 0 aliphatic carbocycles. The molecule has 0 atom stereocenters. The van der Waals surface area contributed by atoms with Crippen LogP contribution in [0.1, 0.15) is 25.6 Å². The van der Waals surface area contributed by atoms with Gasteiger partial charge in [-0.1, -0.05) is 0 Å². The lowest BCUT2D eigenvalue weighted by Crippen LogP contribution is -2.43. The third-order valence-corrected chi connectivity index (χ3v) is 5.76. The van der Waals surface area contributed by atoms with Crippen molar-refractivity contribution in [2.24, 2.45) is 5.92 Å². The number of H-pyrrole nitrogens is 1. The smallest absolute Gasteiger partial charge is 0.225 e. The van der Waals surface area contributed by atoms with Crippen molar-refractivity contribution in [1.29, 1.82) is 0 Å². The van der Waals surface area contributed by atoms with E-state index < -0.39 is 10.0 Å². The lowest BCUT2D eigenvalue weighted by Gasteiger charge is -2.32. The number of rotatable bonds is 5. The lowest BCUT2D eigenvalue weighted by atomic mass is 9.97. The second kappa shape index (κ2) is 6.57. The van der Waals surface area contributed by atoms with E-state index in [9.17, 15) is 13.2 Å². The van der Waals surface area contributed by atoms with Crippen LogP contribution in [0.2, 0.25) is 0 Å². The molecule has 0 saturated carbocycles. The highest BCUT2D eigenvalue weighted by Gasteiger charge is 2.31. The zero-order valence-corrected chi connectivity index (χ0v) is 13.3. The molecule has 8 heteroatoms. The van der Waals surface area contributed by atoms with Crippen LogP contribution in [0.25, 0.3) is 0 Å². The van der Waals surface area contributed by atoms with E-state index >= 15 is 0 Å². The van der Waals surface area contributed by atoms with E-state index in [1.165, 1.54) is 4.31 Å². The summed E-state index contributed by atoms with van der Waals surface area (Å²) in [6, 6.07) is 0. The number of aromatic amines is 1. The maximum absolute atomic E-state index is 12.4. The number of piperidine rings is 1. The summed E-state index contributed by atoms with van der Waals surface area (Å²) in [5.41, 5.74) is 0. The number of amides is 1. The zero-order valence-electron chi connectivity index (χ0n) is 12.4. The van der Waals surface area contributed by atoms with Crippen LogP contribution in [-0.2, 0) is 21.4 Å². The number of nitrogens with zero attached hydrogens (tertiary/aromatic N) is 3. The summed E-state index contributed by atoms with van der Waals surface area (Å²) in [6.45, 7) is 2.95. The highest BCUT2D eigenvalue weighted by atomic mass is 32.2. The Morgan fingerprint density at radius 1 is 1.48 bits per heavy atom. The molecule has 118 valence electrons. The Labute approximate surface area is 125 Å². The molecular weight excluding hydrogens is 292 g/mol. The molecule has 1 saturated heterocycles. The molecule has 0 aromatic carbocycles. The zero-order chi connectivity index (χ0) is 15.5. The Balaban J connectivity index is 1.88. The molecule has 0 spiro atoms. The summed E-state index contributed by atoms with van der Waals surface area (Å²) >= 11 is 0. The Hall–Kier alpha value is -1.41. The first-order valence-corrected chi connectivity index (χ1v) is 8.76. The van der Waals surface area contributed by atoms with Gasteiger partial charge in [0.2, 0.25) is 15.9 Å². The van der Waals surface area contributed by atoms with Gasteiger partial charge in [0, 0.05) is 38.4 Å². The summed E-state index contributed by atoms with van der Waals surface area (Å²) in [7, 11) is -1.39. The molecule has 1 fully saturated rings. The standard InChI is InChI=1S/C13H22N4O3S/c1-3-21(19,20)17-8-4-11(5-9-17)13(18)16(2)10-12-14-6-7-15-12/h6-7,11H,3-5,8-10H2,1-2H3,(H,14,15). The van der Waals surface area contributed by atoms with Gasteiger partial charge >= 0.3 is 0 Å². The van der Waals surface area contributed by atoms with Gasteiger partial charge in [-0.05, 0) is 19.8 Å². The van der Waals surface area contributed by atoms with Crippen LogP contribution in [0.15, 0.2) is 12.4 Å². The van der Waals surface area contributed by atoms with Crippen molar-refractivity contribution in [2.45, 2.75) is 26.3 Å². The van der Waals surface area contributed by atoms with Gasteiger partial charge in [-0.25, -0.2) is 17.7 Å². The molecule has 1 aliphatic heterocycles. The Bertz CT molecular complexity index is 562. The predicted octanol–water partition coefficient (Wildman–Crippen LogP) is 0.430. The molecule has 0 bridgehead atoms. The molecule has 1 aromatic heterocycles. The SMILES string of the molecule is CCS(=O)(=O)N1CCC(C(=O)N(C)Cc2ncc[nH]2)CC1. The quantitative estimate of drug-likeness (QED) is 0.854. The van der Waals surface area contributed by atoms with Gasteiger partial charge in [0.15, 0.2) is 0 Å². The maximum Gasteiger partial charge on any atom is 0.225 e.